The van der Waals surface area contributed by atoms with E-state index in [0.717, 1.165) is 0 Å². The molecule has 0 amide bonds. The van der Waals surface area contributed by atoms with Crippen LogP contribution in [0.3, 0.4) is 0 Å². The summed E-state index contributed by atoms with van der Waals surface area (Å²) in [5, 5.41) is 0. The molecule has 0 atom stereocenters. The summed E-state index contributed by atoms with van der Waals surface area (Å²) in [6.45, 7) is 1.45. The second-order valence-electron chi connectivity index (χ2n) is 3.76. The average molecular weight is 232 g/mol. The molecule has 0 saturated heterocycles. The zero-order valence-electron chi connectivity index (χ0n) is 9.60. The van der Waals surface area contributed by atoms with Crippen molar-refractivity contribution in [2.45, 2.75) is 13.3 Å². The Kier molecular flexibility index (Phi) is 2.86. The number of imidazole rings is 2. The van der Waals surface area contributed by atoms with Crippen LogP contribution < -0.4 is 0 Å². The van der Waals surface area contributed by atoms with Crippen molar-refractivity contribution in [2.24, 2.45) is 7.05 Å². The molecular formula is C11H12N4O2. The maximum absolute atomic E-state index is 11.8. The SMILES string of the molecule is CC(=O)c1cn(C)c(CC(=O)c2c[nH]cn2)n1. The van der Waals surface area contributed by atoms with Gasteiger partial charge in [0.05, 0.1) is 12.7 Å². The van der Waals surface area contributed by atoms with Gasteiger partial charge in [-0.05, 0) is 0 Å². The molecule has 0 aromatic carbocycles. The van der Waals surface area contributed by atoms with Gasteiger partial charge in [-0.15, -0.1) is 0 Å². The predicted octanol–water partition coefficient (Wildman–Crippen LogP) is 0.771. The number of ketones is 2. The molecule has 17 heavy (non-hydrogen) atoms. The van der Waals surface area contributed by atoms with E-state index in [-0.39, 0.29) is 18.0 Å². The van der Waals surface area contributed by atoms with E-state index in [4.69, 9.17) is 0 Å². The van der Waals surface area contributed by atoms with Crippen molar-refractivity contribution in [3.63, 3.8) is 0 Å². The minimum Gasteiger partial charge on any atom is -0.350 e. The summed E-state index contributed by atoms with van der Waals surface area (Å²) in [6, 6.07) is 0. The van der Waals surface area contributed by atoms with Crippen LogP contribution in [0.4, 0.5) is 0 Å². The van der Waals surface area contributed by atoms with Crippen molar-refractivity contribution in [1.29, 1.82) is 0 Å². The summed E-state index contributed by atoms with van der Waals surface area (Å²) in [6.07, 6.45) is 4.74. The van der Waals surface area contributed by atoms with Gasteiger partial charge in [-0.3, -0.25) is 9.59 Å². The Morgan fingerprint density at radius 2 is 2.18 bits per heavy atom. The van der Waals surface area contributed by atoms with Crippen molar-refractivity contribution >= 4 is 11.6 Å². The molecule has 2 rings (SSSR count). The highest BCUT2D eigenvalue weighted by atomic mass is 16.1. The van der Waals surface area contributed by atoms with Gasteiger partial charge in [0, 0.05) is 26.4 Å². The van der Waals surface area contributed by atoms with E-state index < -0.39 is 0 Å². The molecule has 0 aliphatic carbocycles. The van der Waals surface area contributed by atoms with Crippen LogP contribution in [-0.4, -0.2) is 31.1 Å². The third-order valence-electron chi connectivity index (χ3n) is 2.44. The maximum Gasteiger partial charge on any atom is 0.190 e. The molecule has 0 saturated carbocycles. The van der Waals surface area contributed by atoms with Crippen LogP contribution in [0.1, 0.15) is 33.7 Å². The van der Waals surface area contributed by atoms with E-state index in [1.54, 1.807) is 17.8 Å². The van der Waals surface area contributed by atoms with E-state index in [9.17, 15) is 9.59 Å². The van der Waals surface area contributed by atoms with E-state index in [2.05, 4.69) is 15.0 Å². The van der Waals surface area contributed by atoms with Crippen LogP contribution >= 0.6 is 0 Å². The molecule has 2 aromatic heterocycles. The third kappa shape index (κ3) is 2.30. The standard InChI is InChI=1S/C11H12N4O2/c1-7(16)9-5-15(2)11(14-9)3-10(17)8-4-12-6-13-8/h4-6H,3H2,1-2H3,(H,12,13). The van der Waals surface area contributed by atoms with E-state index in [1.165, 1.54) is 19.4 Å². The number of nitrogens with one attached hydrogen (secondary N) is 1. The Bertz CT molecular complexity index is 554. The number of H-pyrrole nitrogens is 1. The number of aromatic amines is 1. The lowest BCUT2D eigenvalue weighted by molar-refractivity contribution is 0.0980. The van der Waals surface area contributed by atoms with Crippen molar-refractivity contribution in [1.82, 2.24) is 19.5 Å². The van der Waals surface area contributed by atoms with Gasteiger partial charge in [-0.2, -0.15) is 0 Å². The second-order valence-corrected chi connectivity index (χ2v) is 3.76. The zero-order valence-corrected chi connectivity index (χ0v) is 9.60. The van der Waals surface area contributed by atoms with Gasteiger partial charge in [0.1, 0.15) is 17.2 Å². The number of aromatic nitrogens is 4. The first-order valence-electron chi connectivity index (χ1n) is 5.13. The molecule has 6 heteroatoms. The topological polar surface area (TPSA) is 80.6 Å². The molecule has 1 N–H and O–H groups in total. The Morgan fingerprint density at radius 1 is 1.41 bits per heavy atom. The Morgan fingerprint density at radius 3 is 2.71 bits per heavy atom. The van der Waals surface area contributed by atoms with Gasteiger partial charge in [0.25, 0.3) is 0 Å². The van der Waals surface area contributed by atoms with E-state index >= 15 is 0 Å². The summed E-state index contributed by atoms with van der Waals surface area (Å²) in [5.41, 5.74) is 0.745. The van der Waals surface area contributed by atoms with Gasteiger partial charge in [0.15, 0.2) is 11.6 Å². The summed E-state index contributed by atoms with van der Waals surface area (Å²) in [5.74, 6) is 0.317. The summed E-state index contributed by atoms with van der Waals surface area (Å²) in [4.78, 5) is 33.6. The van der Waals surface area contributed by atoms with E-state index in [0.29, 0.717) is 17.2 Å². The van der Waals surface area contributed by atoms with Gasteiger partial charge in [-0.25, -0.2) is 9.97 Å². The average Bonchev–Trinajstić information content (AvgIpc) is 2.88. The predicted molar refractivity (Wildman–Crippen MR) is 59.8 cm³/mol. The number of hydrogen-bond acceptors (Lipinski definition) is 4. The zero-order chi connectivity index (χ0) is 12.4. The fourth-order valence-electron chi connectivity index (χ4n) is 1.49. The van der Waals surface area contributed by atoms with Crippen LogP contribution in [0.5, 0.6) is 0 Å². The highest BCUT2D eigenvalue weighted by Crippen LogP contribution is 2.06. The normalized spacial score (nSPS) is 10.5. The first-order chi connectivity index (χ1) is 8.08. The number of Topliss-reactive ketones (excluding diaryl/α,β-unsaturated/α-hetero) is 2. The number of carbonyl (C=O) groups is 2. The Hall–Kier alpha value is -2.24. The number of rotatable bonds is 4. The number of hydrogen-bond donors (Lipinski definition) is 1. The number of nitrogens with zero attached hydrogens (tertiary/aromatic N) is 3. The molecule has 2 aromatic rings. The molecule has 0 fully saturated rings. The lowest BCUT2D eigenvalue weighted by atomic mass is 10.2. The van der Waals surface area contributed by atoms with Crippen LogP contribution in [-0.2, 0) is 13.5 Å². The van der Waals surface area contributed by atoms with E-state index in [1.807, 2.05) is 0 Å². The molecule has 0 radical (unpaired) electrons. The summed E-state index contributed by atoms with van der Waals surface area (Å²) < 4.78 is 1.68. The molecule has 0 aliphatic heterocycles. The van der Waals surface area contributed by atoms with Crippen molar-refractivity contribution < 1.29 is 9.59 Å². The molecule has 0 spiro atoms. The largest absolute Gasteiger partial charge is 0.350 e. The molecule has 88 valence electrons. The highest BCUT2D eigenvalue weighted by Gasteiger charge is 2.14. The van der Waals surface area contributed by atoms with Crippen LogP contribution in [0.2, 0.25) is 0 Å². The Labute approximate surface area is 97.7 Å². The fraction of sp³-hybridized carbons (Fsp3) is 0.273. The van der Waals surface area contributed by atoms with Gasteiger partial charge in [-0.1, -0.05) is 0 Å². The summed E-state index contributed by atoms with van der Waals surface area (Å²) >= 11 is 0. The number of aryl methyl sites for hydroxylation is 1. The van der Waals surface area contributed by atoms with Crippen molar-refractivity contribution in [3.8, 4) is 0 Å². The number of carbonyl (C=O) groups excluding carboxylic acids is 2. The second kappa shape index (κ2) is 4.32. The monoisotopic (exact) mass is 232 g/mol. The van der Waals surface area contributed by atoms with Gasteiger partial charge in [0.2, 0.25) is 0 Å². The van der Waals surface area contributed by atoms with Gasteiger partial charge >= 0.3 is 0 Å². The minimum atomic E-state index is -0.130. The smallest absolute Gasteiger partial charge is 0.190 e. The first-order valence-corrected chi connectivity index (χ1v) is 5.13. The first kappa shape index (κ1) is 11.3. The highest BCUT2D eigenvalue weighted by molar-refractivity contribution is 5.95. The molecule has 2 heterocycles. The molecular weight excluding hydrogens is 220 g/mol. The Balaban J connectivity index is 2.19. The molecule has 0 unspecified atom stereocenters. The van der Waals surface area contributed by atoms with Crippen LogP contribution in [0, 0.1) is 0 Å². The molecule has 6 nitrogen and oxygen atoms in total. The minimum absolute atomic E-state index is 0.112. The lowest BCUT2D eigenvalue weighted by Crippen LogP contribution is -2.08. The molecule has 0 aliphatic rings. The lowest BCUT2D eigenvalue weighted by Gasteiger charge is -1.98. The maximum atomic E-state index is 11.8. The van der Waals surface area contributed by atoms with Gasteiger partial charge < -0.3 is 9.55 Å². The quantitative estimate of drug-likeness (QED) is 0.789. The fourth-order valence-corrected chi connectivity index (χ4v) is 1.49. The van der Waals surface area contributed by atoms with Crippen LogP contribution in [0.25, 0.3) is 0 Å². The van der Waals surface area contributed by atoms with Crippen LogP contribution in [0.15, 0.2) is 18.7 Å². The summed E-state index contributed by atoms with van der Waals surface area (Å²) in [7, 11) is 1.76. The third-order valence-corrected chi connectivity index (χ3v) is 2.44. The van der Waals surface area contributed by atoms with Crippen molar-refractivity contribution in [3.05, 3.63) is 35.9 Å². The molecule has 0 bridgehead atoms. The van der Waals surface area contributed by atoms with Crippen molar-refractivity contribution in [2.75, 3.05) is 0 Å².